The van der Waals surface area contributed by atoms with Crippen LogP contribution in [0.2, 0.25) is 0 Å². The average Bonchev–Trinajstić information content (AvgIpc) is 2.87. The van der Waals surface area contributed by atoms with E-state index in [0.29, 0.717) is 19.1 Å². The van der Waals surface area contributed by atoms with Crippen molar-refractivity contribution in [3.8, 4) is 11.8 Å². The first-order valence-corrected chi connectivity index (χ1v) is 6.32. The number of ether oxygens (including phenoxy) is 1. The van der Waals surface area contributed by atoms with Crippen molar-refractivity contribution >= 4 is 0 Å². The molecule has 2 aromatic rings. The molecule has 0 saturated heterocycles. The highest BCUT2D eigenvalue weighted by Gasteiger charge is 2.03. The highest BCUT2D eigenvalue weighted by molar-refractivity contribution is 5.28. The Bertz CT molecular complexity index is 564. The van der Waals surface area contributed by atoms with Gasteiger partial charge in [0.25, 0.3) is 0 Å². The third kappa shape index (κ3) is 3.59. The molecule has 2 rings (SSSR count). The van der Waals surface area contributed by atoms with Crippen LogP contribution in [-0.2, 0) is 13.0 Å². The highest BCUT2D eigenvalue weighted by Crippen LogP contribution is 2.14. The molecule has 0 N–H and O–H groups in total. The van der Waals surface area contributed by atoms with Gasteiger partial charge in [0, 0.05) is 12.2 Å². The molecular formula is C15H17N3O. The van der Waals surface area contributed by atoms with E-state index in [0.717, 1.165) is 17.0 Å². The molecule has 19 heavy (non-hydrogen) atoms. The van der Waals surface area contributed by atoms with E-state index in [2.05, 4.69) is 25.0 Å². The molecule has 1 heterocycles. The van der Waals surface area contributed by atoms with Crippen LogP contribution in [0.25, 0.3) is 0 Å². The zero-order chi connectivity index (χ0) is 13.7. The summed E-state index contributed by atoms with van der Waals surface area (Å²) >= 11 is 0. The number of hydrogen-bond acceptors (Lipinski definition) is 3. The van der Waals surface area contributed by atoms with E-state index in [4.69, 9.17) is 10.00 Å². The minimum atomic E-state index is 0.360. The second-order valence-corrected chi connectivity index (χ2v) is 4.65. The first kappa shape index (κ1) is 13.2. The zero-order valence-corrected chi connectivity index (χ0v) is 11.2. The van der Waals surface area contributed by atoms with Crippen LogP contribution in [0.4, 0.5) is 0 Å². The molecule has 0 atom stereocenters. The van der Waals surface area contributed by atoms with Gasteiger partial charge in [-0.15, -0.1) is 0 Å². The summed E-state index contributed by atoms with van der Waals surface area (Å²) in [5, 5.41) is 13.0. The van der Waals surface area contributed by atoms with E-state index in [1.54, 1.807) is 0 Å². The minimum Gasteiger partial charge on any atom is -0.487 e. The van der Waals surface area contributed by atoms with Crippen molar-refractivity contribution in [2.45, 2.75) is 32.9 Å². The molecule has 0 aliphatic carbocycles. The molecule has 1 aromatic carbocycles. The molecular weight excluding hydrogens is 238 g/mol. The Hall–Kier alpha value is -2.28. The van der Waals surface area contributed by atoms with Gasteiger partial charge in [-0.1, -0.05) is 12.1 Å². The lowest BCUT2D eigenvalue weighted by Gasteiger charge is -2.06. The Morgan fingerprint density at radius 1 is 1.26 bits per heavy atom. The lowest BCUT2D eigenvalue weighted by molar-refractivity contribution is 0.298. The molecule has 0 spiro atoms. The standard InChI is InChI=1S/C15H17N3O/c1-12(2)18-10-8-14(17-18)11-19-15-5-3-13(4-6-15)7-9-16/h3-6,8,10,12H,7,11H2,1-2H3. The van der Waals surface area contributed by atoms with E-state index in [-0.39, 0.29) is 0 Å². The Labute approximate surface area is 113 Å². The number of hydrogen-bond donors (Lipinski definition) is 0. The maximum absolute atomic E-state index is 8.60. The van der Waals surface area contributed by atoms with Gasteiger partial charge in [-0.2, -0.15) is 10.4 Å². The number of nitriles is 1. The SMILES string of the molecule is CC(C)n1ccc(COc2ccc(CC#N)cc2)n1. The summed E-state index contributed by atoms with van der Waals surface area (Å²) in [6, 6.07) is 12.0. The Morgan fingerprint density at radius 3 is 2.58 bits per heavy atom. The van der Waals surface area contributed by atoms with Gasteiger partial charge in [-0.05, 0) is 37.6 Å². The number of benzene rings is 1. The molecule has 0 amide bonds. The van der Waals surface area contributed by atoms with Crippen molar-refractivity contribution < 1.29 is 4.74 Å². The van der Waals surface area contributed by atoms with Crippen LogP contribution in [-0.4, -0.2) is 9.78 Å². The predicted octanol–water partition coefficient (Wildman–Crippen LogP) is 3.11. The second kappa shape index (κ2) is 6.05. The predicted molar refractivity (Wildman–Crippen MR) is 72.7 cm³/mol. The van der Waals surface area contributed by atoms with E-state index < -0.39 is 0 Å². The smallest absolute Gasteiger partial charge is 0.132 e. The Kier molecular flexibility index (Phi) is 4.19. The summed E-state index contributed by atoms with van der Waals surface area (Å²) in [5.74, 6) is 0.792. The normalized spacial score (nSPS) is 10.4. The van der Waals surface area contributed by atoms with Crippen molar-refractivity contribution in [2.75, 3.05) is 0 Å². The van der Waals surface area contributed by atoms with Gasteiger partial charge in [0.2, 0.25) is 0 Å². The van der Waals surface area contributed by atoms with Gasteiger partial charge in [-0.3, -0.25) is 4.68 Å². The molecule has 4 nitrogen and oxygen atoms in total. The summed E-state index contributed by atoms with van der Waals surface area (Å²) < 4.78 is 7.57. The van der Waals surface area contributed by atoms with Crippen LogP contribution in [0, 0.1) is 11.3 Å². The van der Waals surface area contributed by atoms with Crippen molar-refractivity contribution in [3.63, 3.8) is 0 Å². The highest BCUT2D eigenvalue weighted by atomic mass is 16.5. The van der Waals surface area contributed by atoms with Gasteiger partial charge in [0.1, 0.15) is 12.4 Å². The molecule has 0 radical (unpaired) electrons. The summed E-state index contributed by atoms with van der Waals surface area (Å²) in [7, 11) is 0. The number of rotatable bonds is 5. The van der Waals surface area contributed by atoms with E-state index >= 15 is 0 Å². The van der Waals surface area contributed by atoms with Gasteiger partial charge in [0.05, 0.1) is 18.2 Å². The fourth-order valence-corrected chi connectivity index (χ4v) is 1.69. The molecule has 0 aliphatic rings. The fraction of sp³-hybridized carbons (Fsp3) is 0.333. The monoisotopic (exact) mass is 255 g/mol. The largest absolute Gasteiger partial charge is 0.487 e. The number of nitrogens with zero attached hydrogens (tertiary/aromatic N) is 3. The molecule has 0 bridgehead atoms. The lowest BCUT2D eigenvalue weighted by Crippen LogP contribution is -2.03. The quantitative estimate of drug-likeness (QED) is 0.824. The van der Waals surface area contributed by atoms with Gasteiger partial charge < -0.3 is 4.74 Å². The summed E-state index contributed by atoms with van der Waals surface area (Å²) in [6.45, 7) is 4.63. The molecule has 1 aromatic heterocycles. The van der Waals surface area contributed by atoms with Crippen LogP contribution in [0.5, 0.6) is 5.75 Å². The van der Waals surface area contributed by atoms with Crippen LogP contribution in [0.15, 0.2) is 36.5 Å². The maximum Gasteiger partial charge on any atom is 0.132 e. The van der Waals surface area contributed by atoms with Crippen LogP contribution in [0.1, 0.15) is 31.1 Å². The fourth-order valence-electron chi connectivity index (χ4n) is 1.69. The van der Waals surface area contributed by atoms with Crippen molar-refractivity contribution in [1.82, 2.24) is 9.78 Å². The molecule has 0 saturated carbocycles. The molecule has 4 heteroatoms. The van der Waals surface area contributed by atoms with Crippen LogP contribution < -0.4 is 4.74 Å². The van der Waals surface area contributed by atoms with Gasteiger partial charge in [-0.25, -0.2) is 0 Å². The third-order valence-electron chi connectivity index (χ3n) is 2.79. The van der Waals surface area contributed by atoms with E-state index in [1.807, 2.05) is 41.2 Å². The summed E-state index contributed by atoms with van der Waals surface area (Å²) in [4.78, 5) is 0. The average molecular weight is 255 g/mol. The first-order valence-electron chi connectivity index (χ1n) is 6.32. The Morgan fingerprint density at radius 2 is 2.00 bits per heavy atom. The van der Waals surface area contributed by atoms with Crippen molar-refractivity contribution in [2.24, 2.45) is 0 Å². The first-order chi connectivity index (χ1) is 9.19. The molecule has 0 aliphatic heterocycles. The van der Waals surface area contributed by atoms with Crippen LogP contribution >= 0.6 is 0 Å². The minimum absolute atomic E-state index is 0.360. The zero-order valence-electron chi connectivity index (χ0n) is 11.2. The topological polar surface area (TPSA) is 50.8 Å². The maximum atomic E-state index is 8.60. The third-order valence-corrected chi connectivity index (χ3v) is 2.79. The van der Waals surface area contributed by atoms with Crippen molar-refractivity contribution in [3.05, 3.63) is 47.8 Å². The van der Waals surface area contributed by atoms with Gasteiger partial charge in [0.15, 0.2) is 0 Å². The summed E-state index contributed by atoms with van der Waals surface area (Å²) in [5.41, 5.74) is 1.91. The Balaban J connectivity index is 1.92. The number of aromatic nitrogens is 2. The second-order valence-electron chi connectivity index (χ2n) is 4.65. The molecule has 0 fully saturated rings. The molecule has 98 valence electrons. The van der Waals surface area contributed by atoms with E-state index in [1.165, 1.54) is 0 Å². The van der Waals surface area contributed by atoms with Crippen molar-refractivity contribution in [1.29, 1.82) is 5.26 Å². The van der Waals surface area contributed by atoms with Crippen LogP contribution in [0.3, 0.4) is 0 Å². The molecule has 0 unspecified atom stereocenters. The van der Waals surface area contributed by atoms with E-state index in [9.17, 15) is 0 Å². The van der Waals surface area contributed by atoms with Gasteiger partial charge >= 0.3 is 0 Å². The summed E-state index contributed by atoms with van der Waals surface area (Å²) in [6.07, 6.45) is 2.39. The lowest BCUT2D eigenvalue weighted by atomic mass is 10.2.